The smallest absolute Gasteiger partial charge is 0.104 e. The quantitative estimate of drug-likeness (QED) is 0.371. The second-order valence-corrected chi connectivity index (χ2v) is 10.9. The Morgan fingerprint density at radius 2 is 2.07 bits per heavy atom. The highest BCUT2D eigenvalue weighted by atomic mass is 28.3. The standard InChI is InChI=1S/C11H24O2Si/c1-10(2)14(3,4)7-5-6-12-8-11-9-13-11/h10-11H,5-9H2,1-4H3. The number of ether oxygens (including phenoxy) is 2. The van der Waals surface area contributed by atoms with E-state index >= 15 is 0 Å². The molecule has 0 aromatic rings. The topological polar surface area (TPSA) is 21.8 Å². The summed E-state index contributed by atoms with van der Waals surface area (Å²) in [6.07, 6.45) is 1.65. The molecule has 1 unspecified atom stereocenters. The summed E-state index contributed by atoms with van der Waals surface area (Å²) in [7, 11) is -0.953. The van der Waals surface area contributed by atoms with E-state index in [1.54, 1.807) is 0 Å². The Morgan fingerprint density at radius 1 is 1.43 bits per heavy atom. The van der Waals surface area contributed by atoms with E-state index in [0.29, 0.717) is 6.10 Å². The molecule has 1 aliphatic heterocycles. The van der Waals surface area contributed by atoms with E-state index in [9.17, 15) is 0 Å². The molecule has 1 saturated heterocycles. The summed E-state index contributed by atoms with van der Waals surface area (Å²) in [5.41, 5.74) is 0.884. The summed E-state index contributed by atoms with van der Waals surface area (Å²) >= 11 is 0. The molecule has 0 aliphatic carbocycles. The average Bonchev–Trinajstić information content (AvgIpc) is 2.87. The van der Waals surface area contributed by atoms with Crippen molar-refractivity contribution in [3.05, 3.63) is 0 Å². The van der Waals surface area contributed by atoms with E-state index in [-0.39, 0.29) is 0 Å². The van der Waals surface area contributed by atoms with Gasteiger partial charge >= 0.3 is 0 Å². The van der Waals surface area contributed by atoms with Crippen LogP contribution in [0, 0.1) is 0 Å². The lowest BCUT2D eigenvalue weighted by Gasteiger charge is -2.26. The summed E-state index contributed by atoms with van der Waals surface area (Å²) in [6.45, 7) is 12.3. The van der Waals surface area contributed by atoms with Gasteiger partial charge in [-0.15, -0.1) is 0 Å². The Balaban J connectivity index is 1.96. The Labute approximate surface area is 89.0 Å². The van der Waals surface area contributed by atoms with Crippen molar-refractivity contribution in [2.75, 3.05) is 19.8 Å². The molecular weight excluding hydrogens is 192 g/mol. The summed E-state index contributed by atoms with van der Waals surface area (Å²) in [5.74, 6) is 0. The highest BCUT2D eigenvalue weighted by molar-refractivity contribution is 6.78. The number of rotatable bonds is 7. The van der Waals surface area contributed by atoms with Gasteiger partial charge in [0.1, 0.15) is 6.10 Å². The van der Waals surface area contributed by atoms with Crippen LogP contribution in [-0.4, -0.2) is 34.0 Å². The largest absolute Gasteiger partial charge is 0.379 e. The van der Waals surface area contributed by atoms with Gasteiger partial charge < -0.3 is 9.47 Å². The van der Waals surface area contributed by atoms with Crippen molar-refractivity contribution in [3.8, 4) is 0 Å². The molecule has 0 N–H and O–H groups in total. The average molecular weight is 216 g/mol. The third kappa shape index (κ3) is 4.58. The minimum absolute atomic E-state index is 0.422. The van der Waals surface area contributed by atoms with Crippen LogP contribution in [0.15, 0.2) is 0 Å². The Bertz CT molecular complexity index is 165. The molecule has 1 aliphatic rings. The second kappa shape index (κ2) is 5.28. The van der Waals surface area contributed by atoms with E-state index in [1.165, 1.54) is 12.5 Å². The van der Waals surface area contributed by atoms with Crippen LogP contribution in [0.1, 0.15) is 20.3 Å². The maximum absolute atomic E-state index is 5.53. The lowest BCUT2D eigenvalue weighted by atomic mass is 10.5. The van der Waals surface area contributed by atoms with Crippen LogP contribution in [0.25, 0.3) is 0 Å². The minimum atomic E-state index is -0.953. The molecule has 0 aromatic heterocycles. The van der Waals surface area contributed by atoms with Crippen LogP contribution in [0.2, 0.25) is 24.7 Å². The van der Waals surface area contributed by atoms with Gasteiger partial charge in [-0.25, -0.2) is 0 Å². The zero-order valence-corrected chi connectivity index (χ0v) is 11.0. The van der Waals surface area contributed by atoms with Crippen LogP contribution in [-0.2, 0) is 9.47 Å². The molecule has 84 valence electrons. The SMILES string of the molecule is CC(C)[Si](C)(C)CCCOCC1CO1. The molecule has 2 nitrogen and oxygen atoms in total. The van der Waals surface area contributed by atoms with E-state index in [1.807, 2.05) is 0 Å². The number of epoxide rings is 1. The van der Waals surface area contributed by atoms with Gasteiger partial charge in [-0.2, -0.15) is 0 Å². The summed E-state index contributed by atoms with van der Waals surface area (Å²) in [4.78, 5) is 0. The molecule has 0 spiro atoms. The summed E-state index contributed by atoms with van der Waals surface area (Å²) < 4.78 is 10.6. The fourth-order valence-electron chi connectivity index (χ4n) is 1.30. The van der Waals surface area contributed by atoms with Crippen LogP contribution in [0.5, 0.6) is 0 Å². The fraction of sp³-hybridized carbons (Fsp3) is 1.00. The molecule has 1 rings (SSSR count). The lowest BCUT2D eigenvalue weighted by molar-refractivity contribution is 0.117. The number of hydrogen-bond acceptors (Lipinski definition) is 2. The lowest BCUT2D eigenvalue weighted by Crippen LogP contribution is -2.29. The predicted molar refractivity (Wildman–Crippen MR) is 62.6 cm³/mol. The molecule has 1 fully saturated rings. The van der Waals surface area contributed by atoms with E-state index < -0.39 is 8.07 Å². The van der Waals surface area contributed by atoms with Gasteiger partial charge in [0.15, 0.2) is 0 Å². The molecule has 0 bridgehead atoms. The van der Waals surface area contributed by atoms with Crippen LogP contribution in [0.4, 0.5) is 0 Å². The van der Waals surface area contributed by atoms with E-state index in [0.717, 1.165) is 25.4 Å². The molecule has 0 saturated carbocycles. The minimum Gasteiger partial charge on any atom is -0.379 e. The predicted octanol–water partition coefficient (Wildman–Crippen LogP) is 2.91. The Hall–Kier alpha value is 0.137. The van der Waals surface area contributed by atoms with Gasteiger partial charge in [-0.1, -0.05) is 38.5 Å². The molecule has 14 heavy (non-hydrogen) atoms. The van der Waals surface area contributed by atoms with Crippen molar-refractivity contribution in [3.63, 3.8) is 0 Å². The van der Waals surface area contributed by atoms with Crippen molar-refractivity contribution < 1.29 is 9.47 Å². The molecule has 1 atom stereocenters. The molecule has 1 heterocycles. The first-order valence-electron chi connectivity index (χ1n) is 5.72. The summed E-state index contributed by atoms with van der Waals surface area (Å²) in [6, 6.07) is 1.39. The van der Waals surface area contributed by atoms with Crippen LogP contribution in [0.3, 0.4) is 0 Å². The molecule has 3 heteroatoms. The van der Waals surface area contributed by atoms with Crippen molar-refractivity contribution in [2.45, 2.75) is 51.1 Å². The number of hydrogen-bond donors (Lipinski definition) is 0. The monoisotopic (exact) mass is 216 g/mol. The summed E-state index contributed by atoms with van der Waals surface area (Å²) in [5, 5.41) is 0. The fourth-order valence-corrected chi connectivity index (χ4v) is 2.93. The molecular formula is C11H24O2Si. The van der Waals surface area contributed by atoms with Crippen LogP contribution < -0.4 is 0 Å². The normalized spacial score (nSPS) is 21.6. The zero-order valence-electron chi connectivity index (χ0n) is 10.0. The van der Waals surface area contributed by atoms with E-state index in [4.69, 9.17) is 9.47 Å². The molecule has 0 aromatic carbocycles. The first-order chi connectivity index (χ1) is 6.52. The Kier molecular flexibility index (Phi) is 4.61. The van der Waals surface area contributed by atoms with Gasteiger partial charge in [0.2, 0.25) is 0 Å². The first-order valence-corrected chi connectivity index (χ1v) is 9.00. The highest BCUT2D eigenvalue weighted by Crippen LogP contribution is 2.25. The highest BCUT2D eigenvalue weighted by Gasteiger charge is 2.25. The van der Waals surface area contributed by atoms with Crippen molar-refractivity contribution in [2.24, 2.45) is 0 Å². The van der Waals surface area contributed by atoms with Gasteiger partial charge in [-0.3, -0.25) is 0 Å². The molecule has 0 amide bonds. The van der Waals surface area contributed by atoms with Crippen molar-refractivity contribution >= 4 is 8.07 Å². The van der Waals surface area contributed by atoms with Gasteiger partial charge in [0.05, 0.1) is 13.2 Å². The third-order valence-corrected chi connectivity index (χ3v) is 8.15. The first kappa shape index (κ1) is 12.2. The van der Waals surface area contributed by atoms with Gasteiger partial charge in [0.25, 0.3) is 0 Å². The third-order valence-electron chi connectivity index (χ3n) is 3.38. The zero-order chi connectivity index (χ0) is 10.6. The van der Waals surface area contributed by atoms with Crippen molar-refractivity contribution in [1.29, 1.82) is 0 Å². The molecule has 0 radical (unpaired) electrons. The maximum atomic E-state index is 5.53. The van der Waals surface area contributed by atoms with Crippen LogP contribution >= 0.6 is 0 Å². The Morgan fingerprint density at radius 3 is 2.57 bits per heavy atom. The maximum Gasteiger partial charge on any atom is 0.104 e. The second-order valence-electron chi connectivity index (χ2n) is 5.28. The van der Waals surface area contributed by atoms with E-state index in [2.05, 4.69) is 26.9 Å². The van der Waals surface area contributed by atoms with Gasteiger partial charge in [0, 0.05) is 14.7 Å². The van der Waals surface area contributed by atoms with Gasteiger partial charge in [-0.05, 0) is 6.42 Å². The van der Waals surface area contributed by atoms with Crippen molar-refractivity contribution in [1.82, 2.24) is 0 Å².